The molecule has 1 N–H and O–H groups in total. The molecule has 2 rings (SSSR count). The van der Waals surface area contributed by atoms with Crippen LogP contribution in [0.2, 0.25) is 15.2 Å². The molecule has 0 aliphatic heterocycles. The molecule has 0 saturated carbocycles. The predicted octanol–water partition coefficient (Wildman–Crippen LogP) is 4.91. The van der Waals surface area contributed by atoms with Crippen LogP contribution in [0.1, 0.15) is 21.6 Å². The summed E-state index contributed by atoms with van der Waals surface area (Å²) in [5, 5.41) is 3.94. The summed E-state index contributed by atoms with van der Waals surface area (Å²) in [5.74, 6) is -0.320. The van der Waals surface area contributed by atoms with Gasteiger partial charge < -0.3 is 5.32 Å². The van der Waals surface area contributed by atoms with Crippen molar-refractivity contribution in [2.24, 2.45) is 0 Å². The second kappa shape index (κ2) is 6.00. The van der Waals surface area contributed by atoms with E-state index in [0.29, 0.717) is 27.0 Å². The average Bonchev–Trinajstić information content (AvgIpc) is 2.34. The van der Waals surface area contributed by atoms with Gasteiger partial charge in [0.1, 0.15) is 5.15 Å². The molecule has 0 aliphatic rings. The summed E-state index contributed by atoms with van der Waals surface area (Å²) in [6, 6.07) is 6.45. The molecule has 0 unspecified atom stereocenters. The van der Waals surface area contributed by atoms with Crippen molar-refractivity contribution in [3.05, 3.63) is 56.3 Å². The summed E-state index contributed by atoms with van der Waals surface area (Å²) in [4.78, 5) is 16.2. The van der Waals surface area contributed by atoms with Gasteiger partial charge in [0.15, 0.2) is 0 Å². The number of rotatable bonds is 2. The van der Waals surface area contributed by atoms with Crippen LogP contribution in [0.5, 0.6) is 0 Å². The minimum Gasteiger partial charge on any atom is -0.321 e. The number of aryl methyl sites for hydroxylation is 2. The highest BCUT2D eigenvalue weighted by atomic mass is 35.5. The Balaban J connectivity index is 2.30. The van der Waals surface area contributed by atoms with Crippen LogP contribution in [-0.2, 0) is 0 Å². The zero-order valence-corrected chi connectivity index (χ0v) is 13.1. The molecular formula is C14H11Cl3N2O. The topological polar surface area (TPSA) is 42.0 Å². The van der Waals surface area contributed by atoms with E-state index >= 15 is 0 Å². The van der Waals surface area contributed by atoms with E-state index in [0.717, 1.165) is 5.56 Å². The lowest BCUT2D eigenvalue weighted by Gasteiger charge is -2.10. The minimum atomic E-state index is -0.320. The third kappa shape index (κ3) is 3.42. The zero-order valence-electron chi connectivity index (χ0n) is 10.8. The van der Waals surface area contributed by atoms with Crippen molar-refractivity contribution in [1.29, 1.82) is 0 Å². The van der Waals surface area contributed by atoms with Crippen LogP contribution in [0, 0.1) is 13.8 Å². The summed E-state index contributed by atoms with van der Waals surface area (Å²) in [5.41, 5.74) is 2.38. The van der Waals surface area contributed by atoms with E-state index in [9.17, 15) is 4.79 Å². The number of carbonyl (C=O) groups is 1. The molecule has 0 bridgehead atoms. The molecule has 2 aromatic rings. The number of hydrogen-bond acceptors (Lipinski definition) is 2. The molecule has 1 heterocycles. The molecule has 1 aromatic carbocycles. The molecular weight excluding hydrogens is 319 g/mol. The van der Waals surface area contributed by atoms with E-state index < -0.39 is 0 Å². The first kappa shape index (κ1) is 15.1. The Morgan fingerprint density at radius 3 is 2.40 bits per heavy atom. The molecule has 0 aliphatic carbocycles. The van der Waals surface area contributed by atoms with Crippen molar-refractivity contribution in [1.82, 2.24) is 4.98 Å². The van der Waals surface area contributed by atoms with E-state index in [1.807, 2.05) is 6.92 Å². The number of amides is 1. The van der Waals surface area contributed by atoms with Crippen LogP contribution in [0.3, 0.4) is 0 Å². The fourth-order valence-electron chi connectivity index (χ4n) is 1.70. The summed E-state index contributed by atoms with van der Waals surface area (Å²) < 4.78 is 0. The summed E-state index contributed by atoms with van der Waals surface area (Å²) in [6.45, 7) is 3.60. The van der Waals surface area contributed by atoms with Gasteiger partial charge >= 0.3 is 0 Å². The van der Waals surface area contributed by atoms with Gasteiger partial charge in [-0.3, -0.25) is 4.79 Å². The smallest absolute Gasteiger partial charge is 0.255 e. The van der Waals surface area contributed by atoms with Crippen LogP contribution in [-0.4, -0.2) is 10.9 Å². The maximum absolute atomic E-state index is 12.2. The van der Waals surface area contributed by atoms with Crippen molar-refractivity contribution in [2.45, 2.75) is 13.8 Å². The lowest BCUT2D eigenvalue weighted by Crippen LogP contribution is -2.13. The molecule has 0 spiro atoms. The van der Waals surface area contributed by atoms with E-state index in [4.69, 9.17) is 34.8 Å². The summed E-state index contributed by atoms with van der Waals surface area (Å²) in [7, 11) is 0. The zero-order chi connectivity index (χ0) is 14.9. The number of aromatic nitrogens is 1. The molecule has 0 atom stereocenters. The van der Waals surface area contributed by atoms with Crippen molar-refractivity contribution in [3.8, 4) is 0 Å². The van der Waals surface area contributed by atoms with Gasteiger partial charge in [0.25, 0.3) is 5.91 Å². The van der Waals surface area contributed by atoms with Crippen LogP contribution in [0.4, 0.5) is 5.69 Å². The standard InChI is InChI=1S/C14H11Cl3N2O/c1-7-3-11(16)12(6-10(7)15)19-14(20)9-4-8(2)18-13(17)5-9/h3-6H,1-2H3,(H,19,20). The number of halogens is 3. The highest BCUT2D eigenvalue weighted by Crippen LogP contribution is 2.29. The quantitative estimate of drug-likeness (QED) is 0.795. The van der Waals surface area contributed by atoms with Crippen molar-refractivity contribution >= 4 is 46.4 Å². The van der Waals surface area contributed by atoms with E-state index in [1.165, 1.54) is 6.07 Å². The minimum absolute atomic E-state index is 0.267. The van der Waals surface area contributed by atoms with Gasteiger partial charge in [-0.2, -0.15) is 0 Å². The van der Waals surface area contributed by atoms with Crippen molar-refractivity contribution in [2.75, 3.05) is 5.32 Å². The first-order valence-electron chi connectivity index (χ1n) is 5.78. The Kier molecular flexibility index (Phi) is 4.53. The second-order valence-electron chi connectivity index (χ2n) is 4.36. The van der Waals surface area contributed by atoms with Crippen LogP contribution in [0.25, 0.3) is 0 Å². The van der Waals surface area contributed by atoms with Gasteiger partial charge in [-0.05, 0) is 43.7 Å². The second-order valence-corrected chi connectivity index (χ2v) is 5.56. The fourth-order valence-corrected chi connectivity index (χ4v) is 2.38. The molecule has 0 saturated heterocycles. The van der Waals surface area contributed by atoms with Gasteiger partial charge in [0.2, 0.25) is 0 Å². The summed E-state index contributed by atoms with van der Waals surface area (Å²) in [6.07, 6.45) is 0. The fraction of sp³-hybridized carbons (Fsp3) is 0.143. The Morgan fingerprint density at radius 1 is 1.05 bits per heavy atom. The number of carbonyl (C=O) groups excluding carboxylic acids is 1. The molecule has 104 valence electrons. The molecule has 0 fully saturated rings. The van der Waals surface area contributed by atoms with Crippen LogP contribution >= 0.6 is 34.8 Å². The molecule has 1 aromatic heterocycles. The van der Waals surface area contributed by atoms with Crippen molar-refractivity contribution < 1.29 is 4.79 Å². The monoisotopic (exact) mass is 328 g/mol. The number of hydrogen-bond donors (Lipinski definition) is 1. The van der Waals surface area contributed by atoms with Gasteiger partial charge in [-0.15, -0.1) is 0 Å². The Labute approximate surface area is 131 Å². The molecule has 6 heteroatoms. The average molecular weight is 330 g/mol. The Hall–Kier alpha value is -1.29. The largest absolute Gasteiger partial charge is 0.321 e. The predicted molar refractivity (Wildman–Crippen MR) is 83.1 cm³/mol. The lowest BCUT2D eigenvalue weighted by molar-refractivity contribution is 0.102. The van der Waals surface area contributed by atoms with Crippen LogP contribution in [0.15, 0.2) is 24.3 Å². The number of benzene rings is 1. The summed E-state index contributed by atoms with van der Waals surface area (Å²) >= 11 is 17.9. The third-order valence-corrected chi connectivity index (χ3v) is 3.59. The highest BCUT2D eigenvalue weighted by molar-refractivity contribution is 6.36. The van der Waals surface area contributed by atoms with E-state index in [2.05, 4.69) is 10.3 Å². The molecule has 3 nitrogen and oxygen atoms in total. The Bertz CT molecular complexity index is 666. The maximum atomic E-state index is 12.2. The van der Waals surface area contributed by atoms with E-state index in [1.54, 1.807) is 25.1 Å². The number of nitrogens with zero attached hydrogens (tertiary/aromatic N) is 1. The van der Waals surface area contributed by atoms with Crippen molar-refractivity contribution in [3.63, 3.8) is 0 Å². The molecule has 1 amide bonds. The molecule has 20 heavy (non-hydrogen) atoms. The lowest BCUT2D eigenvalue weighted by atomic mass is 10.2. The SMILES string of the molecule is Cc1cc(C(=O)Nc2cc(Cl)c(C)cc2Cl)cc(Cl)n1. The number of nitrogens with one attached hydrogen (secondary N) is 1. The number of anilines is 1. The van der Waals surface area contributed by atoms with Gasteiger partial charge in [0, 0.05) is 16.3 Å². The first-order chi connectivity index (χ1) is 9.36. The Morgan fingerprint density at radius 2 is 1.75 bits per heavy atom. The number of pyridine rings is 1. The third-order valence-electron chi connectivity index (χ3n) is 2.68. The van der Waals surface area contributed by atoms with E-state index in [-0.39, 0.29) is 11.1 Å². The van der Waals surface area contributed by atoms with Crippen LogP contribution < -0.4 is 5.32 Å². The van der Waals surface area contributed by atoms with Gasteiger partial charge in [-0.1, -0.05) is 34.8 Å². The first-order valence-corrected chi connectivity index (χ1v) is 6.91. The highest BCUT2D eigenvalue weighted by Gasteiger charge is 2.12. The molecule has 0 radical (unpaired) electrons. The maximum Gasteiger partial charge on any atom is 0.255 e. The van der Waals surface area contributed by atoms with Gasteiger partial charge in [-0.25, -0.2) is 4.98 Å². The van der Waals surface area contributed by atoms with Gasteiger partial charge in [0.05, 0.1) is 10.7 Å². The normalized spacial score (nSPS) is 10.4.